The van der Waals surface area contributed by atoms with E-state index >= 15 is 0 Å². The second-order valence-corrected chi connectivity index (χ2v) is 3.38. The molecule has 1 aliphatic carbocycles. The normalized spacial score (nSPS) is 17.0. The minimum Gasteiger partial charge on any atom is -0.268 e. The lowest BCUT2D eigenvalue weighted by atomic mass is 10.4. The molecule has 0 atom stereocenters. The van der Waals surface area contributed by atoms with E-state index in [0.29, 0.717) is 0 Å². The highest BCUT2D eigenvalue weighted by molar-refractivity contribution is 7.26. The van der Waals surface area contributed by atoms with Crippen LogP contribution in [0.4, 0.5) is 0 Å². The van der Waals surface area contributed by atoms with Crippen molar-refractivity contribution in [3.8, 4) is 0 Å². The van der Waals surface area contributed by atoms with E-state index in [-0.39, 0.29) is 0 Å². The first-order valence-electron chi connectivity index (χ1n) is 3.25. The van der Waals surface area contributed by atoms with Crippen LogP contribution in [0.25, 0.3) is 0 Å². The molecular formula is C6H9N2P. The van der Waals surface area contributed by atoms with E-state index in [1.54, 1.807) is 5.30 Å². The van der Waals surface area contributed by atoms with E-state index in [2.05, 4.69) is 4.86 Å². The fourth-order valence-corrected chi connectivity index (χ4v) is 2.32. The van der Waals surface area contributed by atoms with Crippen molar-refractivity contribution in [3.63, 3.8) is 0 Å². The Hall–Kier alpha value is -0.360. The number of aryl methyl sites for hydroxylation is 2. The molecule has 1 aromatic rings. The Morgan fingerprint density at radius 3 is 3.22 bits per heavy atom. The lowest BCUT2D eigenvalue weighted by molar-refractivity contribution is 0.728. The molecular weight excluding hydrogens is 131 g/mol. The van der Waals surface area contributed by atoms with Crippen molar-refractivity contribution in [1.29, 1.82) is 0 Å². The molecule has 0 saturated heterocycles. The Kier molecular flexibility index (Phi) is 1.09. The fourth-order valence-electron chi connectivity index (χ4n) is 1.34. The average Bonchev–Trinajstić information content (AvgIpc) is 2.35. The number of nitrogens with zero attached hydrogens (tertiary/aromatic N) is 2. The quantitative estimate of drug-likeness (QED) is 0.533. The summed E-state index contributed by atoms with van der Waals surface area (Å²) in [5.41, 5.74) is 1.48. The third kappa shape index (κ3) is 0.699. The van der Waals surface area contributed by atoms with Crippen LogP contribution in [-0.2, 0) is 19.9 Å². The maximum atomic E-state index is 4.25. The van der Waals surface area contributed by atoms with Crippen molar-refractivity contribution in [2.75, 3.05) is 0 Å². The van der Waals surface area contributed by atoms with Crippen molar-refractivity contribution in [2.24, 2.45) is 7.05 Å². The van der Waals surface area contributed by atoms with Gasteiger partial charge in [0.15, 0.2) is 0 Å². The first-order valence-corrected chi connectivity index (χ1v) is 4.10. The van der Waals surface area contributed by atoms with E-state index < -0.39 is 0 Å². The molecule has 0 N–H and O–H groups in total. The molecule has 0 amide bonds. The molecule has 0 bridgehead atoms. The molecule has 0 aliphatic heterocycles. The van der Waals surface area contributed by atoms with E-state index in [9.17, 15) is 0 Å². The molecule has 1 heterocycles. The van der Waals surface area contributed by atoms with Crippen molar-refractivity contribution >= 4 is 8.35 Å². The van der Waals surface area contributed by atoms with Crippen LogP contribution < -0.4 is 0 Å². The molecule has 1 aromatic heterocycles. The van der Waals surface area contributed by atoms with Crippen LogP contribution in [0.15, 0.2) is 0 Å². The Labute approximate surface area is 56.0 Å². The molecule has 3 heteroatoms. The van der Waals surface area contributed by atoms with Crippen LogP contribution in [0.3, 0.4) is 0 Å². The van der Waals surface area contributed by atoms with Gasteiger partial charge in [0, 0.05) is 18.0 Å². The SMILES string of the molecule is Cn1npc2c1CCC2. The van der Waals surface area contributed by atoms with Gasteiger partial charge in [-0.25, -0.2) is 0 Å². The third-order valence-electron chi connectivity index (χ3n) is 1.85. The van der Waals surface area contributed by atoms with Gasteiger partial charge in [0.05, 0.1) is 8.35 Å². The van der Waals surface area contributed by atoms with Gasteiger partial charge in [0.2, 0.25) is 0 Å². The summed E-state index contributed by atoms with van der Waals surface area (Å²) in [5, 5.41) is 1.55. The zero-order valence-corrected chi connectivity index (χ0v) is 6.36. The molecule has 0 aromatic carbocycles. The van der Waals surface area contributed by atoms with Gasteiger partial charge in [-0.15, -0.1) is 0 Å². The summed E-state index contributed by atoms with van der Waals surface area (Å²) in [5.74, 6) is 0. The van der Waals surface area contributed by atoms with Gasteiger partial charge in [-0.3, -0.25) is 4.68 Å². The van der Waals surface area contributed by atoms with Crippen molar-refractivity contribution in [2.45, 2.75) is 19.3 Å². The molecule has 9 heavy (non-hydrogen) atoms. The Morgan fingerprint density at radius 1 is 1.56 bits per heavy atom. The second-order valence-electron chi connectivity index (χ2n) is 2.46. The predicted molar refractivity (Wildman–Crippen MR) is 37.7 cm³/mol. The van der Waals surface area contributed by atoms with Gasteiger partial charge in [0.25, 0.3) is 0 Å². The summed E-state index contributed by atoms with van der Waals surface area (Å²) in [6.45, 7) is 0. The van der Waals surface area contributed by atoms with E-state index in [1.165, 1.54) is 33.3 Å². The molecule has 1 aliphatic rings. The van der Waals surface area contributed by atoms with Crippen LogP contribution >= 0.6 is 8.35 Å². The van der Waals surface area contributed by atoms with Crippen LogP contribution in [0, 0.1) is 0 Å². The topological polar surface area (TPSA) is 17.8 Å². The number of rotatable bonds is 0. The van der Waals surface area contributed by atoms with E-state index in [4.69, 9.17) is 0 Å². The lowest BCUT2D eigenvalue weighted by Gasteiger charge is -1.91. The van der Waals surface area contributed by atoms with Gasteiger partial charge in [0.1, 0.15) is 0 Å². The number of hydrogen-bond donors (Lipinski definition) is 0. The highest BCUT2D eigenvalue weighted by Crippen LogP contribution is 2.26. The summed E-state index contributed by atoms with van der Waals surface area (Å²) < 4.78 is 2.03. The Balaban J connectivity index is 2.56. The van der Waals surface area contributed by atoms with Crippen molar-refractivity contribution in [1.82, 2.24) is 9.54 Å². The average molecular weight is 140 g/mol. The number of hydrogen-bond acceptors (Lipinski definition) is 1. The molecule has 0 saturated carbocycles. The van der Waals surface area contributed by atoms with E-state index in [1.807, 2.05) is 11.7 Å². The zero-order chi connectivity index (χ0) is 6.27. The molecule has 0 fully saturated rings. The lowest BCUT2D eigenvalue weighted by Crippen LogP contribution is -1.94. The minimum atomic E-state index is 1.20. The van der Waals surface area contributed by atoms with Crippen LogP contribution in [0.1, 0.15) is 17.4 Å². The monoisotopic (exact) mass is 140 g/mol. The van der Waals surface area contributed by atoms with Crippen molar-refractivity contribution < 1.29 is 0 Å². The van der Waals surface area contributed by atoms with Crippen LogP contribution in [0.2, 0.25) is 0 Å². The van der Waals surface area contributed by atoms with Crippen molar-refractivity contribution in [3.05, 3.63) is 11.0 Å². The minimum absolute atomic E-state index is 1.20. The Bertz CT molecular complexity index is 229. The first kappa shape index (κ1) is 5.43. The molecule has 2 rings (SSSR count). The van der Waals surface area contributed by atoms with Gasteiger partial charge >= 0.3 is 0 Å². The predicted octanol–water partition coefficient (Wildman–Crippen LogP) is 1.49. The third-order valence-corrected chi connectivity index (χ3v) is 2.93. The summed E-state index contributed by atoms with van der Waals surface area (Å²) >= 11 is 0. The highest BCUT2D eigenvalue weighted by Gasteiger charge is 2.14. The first-order chi connectivity index (χ1) is 4.38. The smallest absolute Gasteiger partial charge is 0.0663 e. The number of aromatic nitrogens is 2. The fraction of sp³-hybridized carbons (Fsp3) is 0.667. The van der Waals surface area contributed by atoms with Gasteiger partial charge < -0.3 is 0 Å². The molecule has 48 valence electrons. The molecule has 2 nitrogen and oxygen atoms in total. The summed E-state index contributed by atoms with van der Waals surface area (Å²) in [4.78, 5) is 4.25. The molecule has 0 radical (unpaired) electrons. The summed E-state index contributed by atoms with van der Waals surface area (Å²) in [6.07, 6.45) is 3.88. The Morgan fingerprint density at radius 2 is 2.44 bits per heavy atom. The van der Waals surface area contributed by atoms with E-state index in [0.717, 1.165) is 0 Å². The maximum absolute atomic E-state index is 4.25. The van der Waals surface area contributed by atoms with Gasteiger partial charge in [-0.2, -0.15) is 4.86 Å². The highest BCUT2D eigenvalue weighted by atomic mass is 31.0. The summed E-state index contributed by atoms with van der Waals surface area (Å²) in [6, 6.07) is 0. The van der Waals surface area contributed by atoms with Crippen LogP contribution in [0.5, 0.6) is 0 Å². The summed E-state index contributed by atoms with van der Waals surface area (Å²) in [7, 11) is 3.24. The zero-order valence-electron chi connectivity index (χ0n) is 5.46. The standard InChI is InChI=1S/C6H9N2P/c1-8-5-3-2-4-6(5)9-7-8/h2-4H2,1H3. The van der Waals surface area contributed by atoms with Crippen LogP contribution in [-0.4, -0.2) is 9.54 Å². The maximum Gasteiger partial charge on any atom is 0.0663 e. The molecule has 0 spiro atoms. The largest absolute Gasteiger partial charge is 0.268 e. The molecule has 0 unspecified atom stereocenters. The van der Waals surface area contributed by atoms with Gasteiger partial charge in [-0.05, 0) is 19.3 Å². The number of fused-ring (bicyclic) bond motifs is 1. The van der Waals surface area contributed by atoms with Gasteiger partial charge in [-0.1, -0.05) is 0 Å². The second kappa shape index (κ2) is 1.81.